The molecule has 0 saturated heterocycles. The van der Waals surface area contributed by atoms with E-state index in [0.717, 1.165) is 0 Å². The maximum atomic E-state index is 13.0. The van der Waals surface area contributed by atoms with E-state index in [-0.39, 0.29) is 5.57 Å². The van der Waals surface area contributed by atoms with E-state index in [1.165, 1.54) is 6.92 Å². The highest BCUT2D eigenvalue weighted by molar-refractivity contribution is 5.84. The number of aliphatic carboxylic acids is 1. The number of hydrogen-bond donors (Lipinski definition) is 3. The third-order valence-corrected chi connectivity index (χ3v) is 3.51. The van der Waals surface area contributed by atoms with Crippen LogP contribution in [-0.2, 0) is 4.79 Å². The van der Waals surface area contributed by atoms with Crippen LogP contribution in [0.5, 0.6) is 0 Å². The molecule has 0 aliphatic carbocycles. The number of carbonyl (C=O) groups is 1. The summed E-state index contributed by atoms with van der Waals surface area (Å²) in [6, 6.07) is 0. The van der Waals surface area contributed by atoms with Gasteiger partial charge in [0.05, 0.1) is 0 Å². The summed E-state index contributed by atoms with van der Waals surface area (Å²) in [5.74, 6) is -60.4. The highest BCUT2D eigenvalue weighted by Gasteiger charge is 2.96. The molecule has 0 amide bonds. The molecule has 3 N–H and O–H groups in total. The van der Waals surface area contributed by atoms with Crippen LogP contribution in [0.1, 0.15) is 6.92 Å². The molecule has 0 aromatic heterocycles. The van der Waals surface area contributed by atoms with Crippen molar-refractivity contribution in [3.63, 3.8) is 0 Å². The van der Waals surface area contributed by atoms with Gasteiger partial charge in [0.2, 0.25) is 0 Å². The zero-order valence-corrected chi connectivity index (χ0v) is 15.8. The van der Waals surface area contributed by atoms with E-state index in [0.29, 0.717) is 0 Å². The van der Waals surface area contributed by atoms with Crippen LogP contribution in [-0.4, -0.2) is 75.0 Å². The lowest BCUT2D eigenvalue weighted by atomic mass is 9.88. The van der Waals surface area contributed by atoms with Gasteiger partial charge in [0.1, 0.15) is 0 Å². The van der Waals surface area contributed by atoms with E-state index in [4.69, 9.17) is 15.3 Å². The minimum absolute atomic E-state index is 0.176. The molecule has 0 aromatic carbocycles. The second-order valence-corrected chi connectivity index (χ2v) is 6.19. The van der Waals surface area contributed by atoms with E-state index in [2.05, 4.69) is 6.58 Å². The standard InChI is InChI=1S/C9H2F18O2.C4H6O2/c10-1(11,2(12,13)4(16,17)6(20,21)8(23,24)25)3(14,15)5(18,19)7(22,28)9(26,27)29;1-3(2)4(5)6/h28-29H;1H2,2H3,(H,5,6). The van der Waals surface area contributed by atoms with Crippen molar-refractivity contribution in [3.8, 4) is 0 Å². The lowest BCUT2D eigenvalue weighted by Crippen LogP contribution is -2.76. The molecule has 1 atom stereocenters. The fraction of sp³-hybridized carbons (Fsp3) is 0.769. The number of aliphatic hydroxyl groups is 2. The van der Waals surface area contributed by atoms with Gasteiger partial charge < -0.3 is 15.3 Å². The van der Waals surface area contributed by atoms with Crippen molar-refractivity contribution in [2.45, 2.75) is 60.6 Å². The molecule has 0 fully saturated rings. The Hall–Kier alpha value is -2.13. The van der Waals surface area contributed by atoms with Crippen LogP contribution in [0.3, 0.4) is 0 Å². The molecule has 0 aliphatic heterocycles. The van der Waals surface area contributed by atoms with Gasteiger partial charge in [-0.2, -0.15) is 79.0 Å². The molecule has 0 heterocycles. The summed E-state index contributed by atoms with van der Waals surface area (Å²) >= 11 is 0. The molecule has 1 unspecified atom stereocenters. The van der Waals surface area contributed by atoms with Gasteiger partial charge in [-0.05, 0) is 6.92 Å². The van der Waals surface area contributed by atoms with Crippen LogP contribution in [0.2, 0.25) is 0 Å². The summed E-state index contributed by atoms with van der Waals surface area (Å²) in [6.07, 6.45) is -15.1. The number of alkyl halides is 18. The van der Waals surface area contributed by atoms with Gasteiger partial charge >= 0.3 is 59.6 Å². The van der Waals surface area contributed by atoms with Gasteiger partial charge in [0.25, 0.3) is 0 Å². The minimum atomic E-state index is -8.88. The van der Waals surface area contributed by atoms with Crippen LogP contribution in [0.4, 0.5) is 79.0 Å². The Balaban J connectivity index is 0. The molecule has 0 aliphatic rings. The second kappa shape index (κ2) is 9.07. The second-order valence-electron chi connectivity index (χ2n) is 6.19. The summed E-state index contributed by atoms with van der Waals surface area (Å²) in [5, 5.41) is 23.2. The number of hydrogen-bond acceptors (Lipinski definition) is 3. The predicted octanol–water partition coefficient (Wildman–Crippen LogP) is 5.25. The van der Waals surface area contributed by atoms with Crippen LogP contribution in [0.15, 0.2) is 12.2 Å². The molecule has 0 spiro atoms. The number of rotatable bonds is 8. The largest absolute Gasteiger partial charge is 0.478 e. The van der Waals surface area contributed by atoms with Crippen LogP contribution < -0.4 is 0 Å². The Kier molecular flexibility index (Phi) is 9.08. The van der Waals surface area contributed by atoms with Crippen molar-refractivity contribution < 1.29 is 99.1 Å². The minimum Gasteiger partial charge on any atom is -0.478 e. The zero-order chi connectivity index (χ0) is 29.7. The predicted molar refractivity (Wildman–Crippen MR) is 71.4 cm³/mol. The first kappa shape index (κ1) is 35.0. The fourth-order valence-electron chi connectivity index (χ4n) is 1.36. The van der Waals surface area contributed by atoms with E-state index in [1.807, 2.05) is 0 Å². The molecule has 0 bridgehead atoms. The first-order valence-corrected chi connectivity index (χ1v) is 7.38. The number of halogens is 18. The Morgan fingerprint density at radius 2 is 0.743 bits per heavy atom. The van der Waals surface area contributed by atoms with Gasteiger partial charge in [-0.15, -0.1) is 0 Å². The molecule has 0 saturated carbocycles. The van der Waals surface area contributed by atoms with E-state index in [1.54, 1.807) is 0 Å². The Bertz CT molecular complexity index is 727. The van der Waals surface area contributed by atoms with Gasteiger partial charge in [-0.3, -0.25) is 0 Å². The summed E-state index contributed by atoms with van der Waals surface area (Å²) in [7, 11) is 0. The van der Waals surface area contributed by atoms with Crippen molar-refractivity contribution in [1.82, 2.24) is 0 Å². The summed E-state index contributed by atoms with van der Waals surface area (Å²) < 4.78 is 227. The highest BCUT2D eigenvalue weighted by atomic mass is 19.4. The molecule has 0 radical (unpaired) electrons. The molecule has 0 rings (SSSR count). The van der Waals surface area contributed by atoms with Gasteiger partial charge in [-0.1, -0.05) is 6.58 Å². The van der Waals surface area contributed by atoms with Gasteiger partial charge in [0, 0.05) is 5.57 Å². The van der Waals surface area contributed by atoms with Crippen molar-refractivity contribution in [2.24, 2.45) is 0 Å². The van der Waals surface area contributed by atoms with Crippen molar-refractivity contribution in [2.75, 3.05) is 0 Å². The molecule has 35 heavy (non-hydrogen) atoms. The Morgan fingerprint density at radius 3 is 0.914 bits per heavy atom. The SMILES string of the molecule is C=C(C)C(=O)O.OC(F)(F)C(O)(F)C(F)(F)C(F)(F)C(F)(F)C(F)(F)C(F)(F)C(F)(F)C(F)(F)F. The van der Waals surface area contributed by atoms with E-state index >= 15 is 0 Å². The Morgan fingerprint density at radius 1 is 0.543 bits per heavy atom. The molecule has 4 nitrogen and oxygen atoms in total. The fourth-order valence-corrected chi connectivity index (χ4v) is 1.36. The van der Waals surface area contributed by atoms with Crippen LogP contribution in [0, 0.1) is 0 Å². The first-order valence-electron chi connectivity index (χ1n) is 7.38. The summed E-state index contributed by atoms with van der Waals surface area (Å²) in [4.78, 5) is 9.60. The molecular weight excluding hydrogens is 562 g/mol. The van der Waals surface area contributed by atoms with Crippen LogP contribution in [0.25, 0.3) is 0 Å². The molecule has 210 valence electrons. The van der Waals surface area contributed by atoms with Gasteiger partial charge in [-0.25, -0.2) is 4.79 Å². The van der Waals surface area contributed by atoms with E-state index in [9.17, 15) is 83.8 Å². The first-order chi connectivity index (χ1) is 14.6. The maximum absolute atomic E-state index is 13.0. The quantitative estimate of drug-likeness (QED) is 0.276. The number of carboxylic acids is 1. The van der Waals surface area contributed by atoms with Gasteiger partial charge in [0.15, 0.2) is 0 Å². The van der Waals surface area contributed by atoms with Crippen molar-refractivity contribution >= 4 is 5.97 Å². The van der Waals surface area contributed by atoms with Crippen molar-refractivity contribution in [3.05, 3.63) is 12.2 Å². The third kappa shape index (κ3) is 5.21. The normalized spacial score (nSPS) is 16.7. The van der Waals surface area contributed by atoms with Crippen molar-refractivity contribution in [1.29, 1.82) is 0 Å². The van der Waals surface area contributed by atoms with Crippen LogP contribution >= 0.6 is 0 Å². The average molecular weight is 570 g/mol. The lowest BCUT2D eigenvalue weighted by molar-refractivity contribution is -0.488. The third-order valence-electron chi connectivity index (χ3n) is 3.51. The lowest BCUT2D eigenvalue weighted by Gasteiger charge is -2.43. The van der Waals surface area contributed by atoms with E-state index < -0.39 is 59.6 Å². The molecule has 0 aromatic rings. The maximum Gasteiger partial charge on any atom is 0.460 e. The average Bonchev–Trinajstić information content (AvgIpc) is 2.59. The smallest absolute Gasteiger partial charge is 0.460 e. The zero-order valence-electron chi connectivity index (χ0n) is 15.8. The summed E-state index contributed by atoms with van der Waals surface area (Å²) in [5.41, 5.74) is 0.176. The Labute approximate surface area is 179 Å². The summed E-state index contributed by atoms with van der Waals surface area (Å²) in [6.45, 7) is 4.60. The number of carboxylic acid groups (broad SMARTS) is 1. The molecule has 22 heteroatoms. The monoisotopic (exact) mass is 570 g/mol. The molecular formula is C13H8F18O4. The topological polar surface area (TPSA) is 77.8 Å². The highest BCUT2D eigenvalue weighted by Crippen LogP contribution is 2.64.